The van der Waals surface area contributed by atoms with Gasteiger partial charge in [-0.25, -0.2) is 9.97 Å². The number of nitrogens with one attached hydrogen (secondary N) is 4. The van der Waals surface area contributed by atoms with E-state index in [1.54, 1.807) is 67.6 Å². The first kappa shape index (κ1) is 52.6. The van der Waals surface area contributed by atoms with Gasteiger partial charge in [0.25, 0.3) is 5.91 Å². The SMILES string of the molecule is Cc1nc(-c2ccc(OCCC(C)(C)C)cc2)nc(N)c1C(=O)NC(CCN)C(=O)N(C)C1C(=O)NC(C)C(=O)NC(C(=O)NCC#N)Cc2ccc(OCCN)c(c2)-c2cc1ccc2OCCN. The molecule has 20 heteroatoms. The number of benzene rings is 3. The second-order valence-corrected chi connectivity index (χ2v) is 17.8. The fraction of sp³-hybridized carbons (Fsp3) is 0.429. The van der Waals surface area contributed by atoms with Crippen LogP contribution in [0.1, 0.15) is 73.8 Å². The van der Waals surface area contributed by atoms with Gasteiger partial charge in [0.2, 0.25) is 23.6 Å². The molecule has 5 rings (SSSR count). The van der Waals surface area contributed by atoms with Gasteiger partial charge in [-0.15, -0.1) is 0 Å². The number of carbonyl (C=O) groups excluding carboxylic acids is 5. The Morgan fingerprint density at radius 3 is 2.14 bits per heavy atom. The van der Waals surface area contributed by atoms with Crippen molar-refractivity contribution < 1.29 is 38.2 Å². The number of nitrogens with two attached hydrogens (primary N) is 4. The smallest absolute Gasteiger partial charge is 0.257 e. The Morgan fingerprint density at radius 1 is 0.884 bits per heavy atom. The first-order valence-electron chi connectivity index (χ1n) is 22.7. The lowest BCUT2D eigenvalue weighted by Gasteiger charge is -2.32. The molecule has 0 fully saturated rings. The summed E-state index contributed by atoms with van der Waals surface area (Å²) in [4.78, 5) is 80.7. The molecule has 4 aromatic rings. The van der Waals surface area contributed by atoms with Crippen molar-refractivity contribution in [3.05, 3.63) is 83.0 Å². The van der Waals surface area contributed by atoms with E-state index in [1.807, 2.05) is 6.07 Å². The van der Waals surface area contributed by atoms with Gasteiger partial charge in [0.05, 0.1) is 18.4 Å². The summed E-state index contributed by atoms with van der Waals surface area (Å²) in [5, 5.41) is 19.8. The van der Waals surface area contributed by atoms with Crippen molar-refractivity contribution in [3.8, 4) is 45.8 Å². The number of aromatic nitrogens is 2. The number of ether oxygens (including phenoxy) is 3. The van der Waals surface area contributed by atoms with E-state index in [-0.39, 0.29) is 80.5 Å². The number of anilines is 1. The van der Waals surface area contributed by atoms with E-state index in [0.29, 0.717) is 51.7 Å². The van der Waals surface area contributed by atoms with Gasteiger partial charge in [0, 0.05) is 43.2 Å². The molecule has 4 unspecified atom stereocenters. The molecule has 0 saturated carbocycles. The molecule has 0 radical (unpaired) electrons. The topological polar surface area (TPSA) is 318 Å². The lowest BCUT2D eigenvalue weighted by Crippen LogP contribution is -2.56. The molecule has 5 amide bonds. The lowest BCUT2D eigenvalue weighted by molar-refractivity contribution is -0.141. The minimum absolute atomic E-state index is 0.0101. The monoisotopic (exact) mass is 948 g/mol. The van der Waals surface area contributed by atoms with Crippen LogP contribution in [0.5, 0.6) is 17.2 Å². The number of aryl methyl sites for hydroxylation is 1. The number of carbonyl (C=O) groups is 5. The first-order valence-corrected chi connectivity index (χ1v) is 22.7. The number of likely N-dealkylation sites (N-methyl/N-ethyl adjacent to an activating group) is 1. The fourth-order valence-electron chi connectivity index (χ4n) is 7.54. The van der Waals surface area contributed by atoms with Crippen LogP contribution in [0.15, 0.2) is 60.7 Å². The minimum atomic E-state index is -1.44. The summed E-state index contributed by atoms with van der Waals surface area (Å²) in [6.45, 7) is 10.3. The van der Waals surface area contributed by atoms with Crippen molar-refractivity contribution in [1.29, 1.82) is 5.26 Å². The Kier molecular flexibility index (Phi) is 18.4. The highest BCUT2D eigenvalue weighted by molar-refractivity contribution is 6.02. The molecule has 20 nitrogen and oxygen atoms in total. The molecule has 4 bridgehead atoms. The zero-order valence-corrected chi connectivity index (χ0v) is 40.0. The first-order chi connectivity index (χ1) is 32.9. The Balaban J connectivity index is 1.52. The number of fused-ring (bicyclic) bond motifs is 5. The van der Waals surface area contributed by atoms with Crippen LogP contribution in [0.4, 0.5) is 5.82 Å². The number of nitrogens with zero attached hydrogens (tertiary/aromatic N) is 4. The summed E-state index contributed by atoms with van der Waals surface area (Å²) >= 11 is 0. The van der Waals surface area contributed by atoms with Crippen LogP contribution in [0.2, 0.25) is 0 Å². The summed E-state index contributed by atoms with van der Waals surface area (Å²) in [5.74, 6) is -2.01. The van der Waals surface area contributed by atoms with Crippen molar-refractivity contribution in [2.75, 3.05) is 58.8 Å². The van der Waals surface area contributed by atoms with Gasteiger partial charge in [-0.05, 0) is 98.3 Å². The fourth-order valence-corrected chi connectivity index (χ4v) is 7.54. The van der Waals surface area contributed by atoms with Crippen molar-refractivity contribution in [1.82, 2.24) is 36.1 Å². The van der Waals surface area contributed by atoms with Crippen LogP contribution < -0.4 is 58.4 Å². The van der Waals surface area contributed by atoms with Gasteiger partial charge in [-0.1, -0.05) is 32.9 Å². The van der Waals surface area contributed by atoms with Gasteiger partial charge in [-0.2, -0.15) is 5.26 Å². The predicted octanol–water partition coefficient (Wildman–Crippen LogP) is 2.02. The Morgan fingerprint density at radius 2 is 1.54 bits per heavy atom. The number of amides is 5. The average Bonchev–Trinajstić information content (AvgIpc) is 3.30. The summed E-state index contributed by atoms with van der Waals surface area (Å²) in [5.41, 5.74) is 26.9. The molecule has 3 aromatic carbocycles. The minimum Gasteiger partial charge on any atom is -0.494 e. The molecular weight excluding hydrogens is 885 g/mol. The molecule has 1 aliphatic heterocycles. The van der Waals surface area contributed by atoms with Crippen LogP contribution in [0.3, 0.4) is 0 Å². The highest BCUT2D eigenvalue weighted by Gasteiger charge is 2.36. The molecular formula is C49H64N12O8. The van der Waals surface area contributed by atoms with Crippen LogP contribution >= 0.6 is 0 Å². The summed E-state index contributed by atoms with van der Waals surface area (Å²) in [7, 11) is 1.39. The Labute approximate surface area is 402 Å². The zero-order valence-electron chi connectivity index (χ0n) is 40.0. The normalized spacial score (nSPS) is 16.4. The highest BCUT2D eigenvalue weighted by atomic mass is 16.5. The quantitative estimate of drug-likeness (QED) is 0.0662. The van der Waals surface area contributed by atoms with Crippen molar-refractivity contribution in [2.24, 2.45) is 22.6 Å². The third kappa shape index (κ3) is 13.9. The highest BCUT2D eigenvalue weighted by Crippen LogP contribution is 2.40. The standard InChI is InChI=1S/C49H64N12O8/c1-28-40(42(54)60-43(56-28)31-8-11-33(12-9-31)67-22-16-49(3,4)5)46(64)58-36(15-17-50)48(66)61(6)41-32-10-14-39(69-24-20-53)35(27-32)34-25-30(7-13-38(34)68-23-19-52)26-37(45(63)55-21-18-51)59-44(62)29(2)57-47(41)65/h7-14,25,27,29,36-37,41H,15-17,19-24,26,50,52-53H2,1-6H3,(H,55,63)(H,57,65)(H,58,64)(H,59,62)(H2,54,56,60). The summed E-state index contributed by atoms with van der Waals surface area (Å²) in [6.07, 6.45) is 0.814. The van der Waals surface area contributed by atoms with E-state index >= 15 is 0 Å². The number of nitriles is 1. The van der Waals surface area contributed by atoms with Gasteiger partial charge >= 0.3 is 0 Å². The van der Waals surface area contributed by atoms with Crippen LogP contribution in [0.25, 0.3) is 22.5 Å². The van der Waals surface area contributed by atoms with Crippen LogP contribution in [-0.2, 0) is 25.6 Å². The molecule has 69 heavy (non-hydrogen) atoms. The van der Waals surface area contributed by atoms with E-state index in [9.17, 15) is 29.2 Å². The third-order valence-electron chi connectivity index (χ3n) is 11.2. The Hall–Kier alpha value is -7.34. The molecule has 368 valence electrons. The predicted molar refractivity (Wildman–Crippen MR) is 259 cm³/mol. The molecule has 2 heterocycles. The number of nitrogen functional groups attached to an aromatic ring is 1. The van der Waals surface area contributed by atoms with Gasteiger partial charge < -0.3 is 63.3 Å². The number of hydrogen-bond acceptors (Lipinski definition) is 15. The molecule has 0 spiro atoms. The van der Waals surface area contributed by atoms with E-state index in [1.165, 1.54) is 14.0 Å². The van der Waals surface area contributed by atoms with Gasteiger partial charge in [-0.3, -0.25) is 24.0 Å². The molecule has 12 N–H and O–H groups in total. The molecule has 1 aliphatic rings. The zero-order chi connectivity index (χ0) is 50.4. The maximum atomic E-state index is 14.7. The van der Waals surface area contributed by atoms with E-state index in [2.05, 4.69) is 52.0 Å². The van der Waals surface area contributed by atoms with E-state index in [0.717, 1.165) is 11.3 Å². The number of hydrogen-bond donors (Lipinski definition) is 8. The van der Waals surface area contributed by atoms with Crippen LogP contribution in [-0.4, -0.2) is 116 Å². The van der Waals surface area contributed by atoms with E-state index in [4.69, 9.17) is 37.1 Å². The summed E-state index contributed by atoms with van der Waals surface area (Å²) < 4.78 is 18.1. The molecule has 1 aromatic heterocycles. The maximum absolute atomic E-state index is 14.7. The van der Waals surface area contributed by atoms with Gasteiger partial charge in [0.1, 0.15) is 72.6 Å². The largest absolute Gasteiger partial charge is 0.494 e. The number of rotatable bonds is 18. The summed E-state index contributed by atoms with van der Waals surface area (Å²) in [6, 6.07) is 14.0. The van der Waals surface area contributed by atoms with Crippen molar-refractivity contribution >= 4 is 35.4 Å². The Bertz CT molecular complexity index is 2500. The molecule has 0 aliphatic carbocycles. The van der Waals surface area contributed by atoms with Crippen LogP contribution in [0, 0.1) is 23.7 Å². The van der Waals surface area contributed by atoms with E-state index < -0.39 is 53.7 Å². The third-order valence-corrected chi connectivity index (χ3v) is 11.2. The second-order valence-electron chi connectivity index (χ2n) is 17.8. The van der Waals surface area contributed by atoms with Crippen molar-refractivity contribution in [2.45, 2.75) is 78.0 Å². The average molecular weight is 949 g/mol. The van der Waals surface area contributed by atoms with Crippen molar-refractivity contribution in [3.63, 3.8) is 0 Å². The lowest BCUT2D eigenvalue weighted by atomic mass is 9.93. The van der Waals surface area contributed by atoms with Gasteiger partial charge in [0.15, 0.2) is 5.82 Å². The maximum Gasteiger partial charge on any atom is 0.257 e. The molecule has 4 atom stereocenters. The molecule has 0 saturated heterocycles. The second kappa shape index (κ2) is 24.1.